The molecule has 101 heavy (non-hydrogen) atoms. The van der Waals surface area contributed by atoms with E-state index < -0.39 is 11.1 Å². The van der Waals surface area contributed by atoms with Gasteiger partial charge in [0, 0.05) is 89.1 Å². The zero-order valence-corrected chi connectivity index (χ0v) is 56.1. The van der Waals surface area contributed by atoms with Crippen molar-refractivity contribution in [3.63, 3.8) is 0 Å². The van der Waals surface area contributed by atoms with E-state index >= 15 is 0 Å². The molecule has 3 unspecified atom stereocenters. The fourth-order valence-corrected chi connectivity index (χ4v) is 14.8. The fourth-order valence-electron chi connectivity index (χ4n) is 14.8. The Labute approximate surface area is 577 Å². The number of ether oxygens (including phenoxy) is 1. The summed E-state index contributed by atoms with van der Waals surface area (Å²) in [6.45, 7) is 8.83. The third-order valence-corrected chi connectivity index (χ3v) is 19.6. The van der Waals surface area contributed by atoms with Crippen molar-refractivity contribution in [3.8, 4) is 33.8 Å². The summed E-state index contributed by atoms with van der Waals surface area (Å²) in [5.41, 5.74) is 15.1. The summed E-state index contributed by atoms with van der Waals surface area (Å²) >= 11 is 0. The number of fused-ring (bicyclic) bond motifs is 9. The number of aromatic nitrogens is 15. The van der Waals surface area contributed by atoms with Crippen molar-refractivity contribution in [3.05, 3.63) is 274 Å². The zero-order chi connectivity index (χ0) is 68.9. The van der Waals surface area contributed by atoms with E-state index in [9.17, 15) is 13.2 Å². The summed E-state index contributed by atoms with van der Waals surface area (Å²) < 4.78 is 58.7. The molecule has 0 bridgehead atoms. The van der Waals surface area contributed by atoms with Gasteiger partial charge in [0.15, 0.2) is 11.6 Å². The molecule has 0 amide bonds. The number of H-pyrrole nitrogens is 6. The van der Waals surface area contributed by atoms with Gasteiger partial charge in [0.1, 0.15) is 52.0 Å². The number of nitrogens with one attached hydrogen (secondary N) is 9. The van der Waals surface area contributed by atoms with Gasteiger partial charge in [-0.25, -0.2) is 28.1 Å². The van der Waals surface area contributed by atoms with Crippen LogP contribution in [0.5, 0.6) is 0 Å². The second kappa shape index (κ2) is 26.7. The molecule has 510 valence electrons. The number of halogens is 3. The number of benzene rings is 6. The van der Waals surface area contributed by atoms with Crippen molar-refractivity contribution in [1.29, 1.82) is 0 Å². The van der Waals surface area contributed by atoms with Crippen LogP contribution in [0.3, 0.4) is 0 Å². The molecule has 0 radical (unpaired) electrons. The standard InChI is InChI=1S/2C27H27FN6O.C23H19FN6O/c1-3-35-16-27(18-13-30-34(2)15-18)25-21(20-6-4-5-7-22(20)31-25)12-23(33-27)26-29-14-24(32-26)17-8-10-19(28)11-9-17;1-3-4-13-27(26-30-16(2)35-34-26)24-20(19-7-5-6-8-21(19)31-24)14-22(33-27)25-29-15-23(32-25)17-9-11-18(28)12-10-17;1-12-26-23(30-31-12)21-20-16(15-4-2-3-5-17(15)27-20)10-18(28-21)22-25-11-19(29-22)13-6-8-14(24)9-7-13/h4-11,13-15,23,31,33H,3,12,16H2,1-2H3,(H,29,32);5-12,15,22,31,33H,3-4,13-14H2,1-2H3,(H,29,32);2-9,11,18,21,27-28H,10H2,1H3,(H,25,29)/t23-,27?;22-,27?;18-,21?/m111/s1. The van der Waals surface area contributed by atoms with E-state index in [-0.39, 0.29) is 41.6 Å². The van der Waals surface area contributed by atoms with Gasteiger partial charge < -0.3 is 43.7 Å². The maximum absolute atomic E-state index is 13.4. The predicted molar refractivity (Wildman–Crippen MR) is 376 cm³/mol. The number of imidazole rings is 3. The molecule has 24 heteroatoms. The van der Waals surface area contributed by atoms with Gasteiger partial charge in [0.2, 0.25) is 11.8 Å². The predicted octanol–water partition coefficient (Wildman–Crippen LogP) is 14.7. The molecular formula is C77H73F3N18O3. The first-order valence-electron chi connectivity index (χ1n) is 34.0. The molecule has 18 rings (SSSR count). The van der Waals surface area contributed by atoms with E-state index in [0.29, 0.717) is 36.6 Å². The molecule has 3 aliphatic rings. The third-order valence-electron chi connectivity index (χ3n) is 19.6. The van der Waals surface area contributed by atoms with Crippen LogP contribution in [0.2, 0.25) is 0 Å². The Balaban J connectivity index is 0.000000118. The lowest BCUT2D eigenvalue weighted by atomic mass is 9.79. The normalized spacial score (nSPS) is 19.4. The molecule has 0 saturated carbocycles. The molecule has 0 saturated heterocycles. The second-order valence-corrected chi connectivity index (χ2v) is 26.1. The van der Waals surface area contributed by atoms with Gasteiger partial charge in [-0.2, -0.15) is 15.1 Å². The highest BCUT2D eigenvalue weighted by Gasteiger charge is 2.49. The van der Waals surface area contributed by atoms with Gasteiger partial charge in [0.05, 0.1) is 66.6 Å². The number of aryl methyl sites for hydroxylation is 3. The van der Waals surface area contributed by atoms with E-state index in [1.165, 1.54) is 69.2 Å². The molecule has 15 aromatic rings. The Hall–Kier alpha value is -11.3. The van der Waals surface area contributed by atoms with Gasteiger partial charge in [0.25, 0.3) is 0 Å². The van der Waals surface area contributed by atoms with E-state index in [0.717, 1.165) is 129 Å². The van der Waals surface area contributed by atoms with Crippen molar-refractivity contribution < 1.29 is 27.0 Å². The quantitative estimate of drug-likeness (QED) is 0.0462. The number of nitrogens with zero attached hydrogens (tertiary/aromatic N) is 9. The maximum Gasteiger partial charge on any atom is 0.223 e. The Bertz CT molecular complexity index is 5180. The first-order valence-corrected chi connectivity index (χ1v) is 34.0. The molecule has 0 aliphatic carbocycles. The van der Waals surface area contributed by atoms with Gasteiger partial charge in [-0.05, 0) is 157 Å². The highest BCUT2D eigenvalue weighted by atomic mass is 19.1. The summed E-state index contributed by atoms with van der Waals surface area (Å²) in [7, 11) is 1.92. The lowest BCUT2D eigenvalue weighted by molar-refractivity contribution is 0.0795. The molecule has 6 atom stereocenters. The largest absolute Gasteiger partial charge is 0.379 e. The number of unbranched alkanes of at least 4 members (excludes halogenated alkanes) is 1. The van der Waals surface area contributed by atoms with Gasteiger partial charge in [-0.3, -0.25) is 20.6 Å². The summed E-state index contributed by atoms with van der Waals surface area (Å²) in [5, 5.41) is 28.0. The molecule has 12 heterocycles. The number of para-hydroxylation sites is 3. The van der Waals surface area contributed by atoms with Crippen LogP contribution in [0.25, 0.3) is 66.5 Å². The van der Waals surface area contributed by atoms with Crippen molar-refractivity contribution in [2.24, 2.45) is 7.05 Å². The molecule has 0 fully saturated rings. The van der Waals surface area contributed by atoms with Crippen LogP contribution in [0.4, 0.5) is 13.2 Å². The maximum atomic E-state index is 13.4. The van der Waals surface area contributed by atoms with Gasteiger partial charge in [-0.15, -0.1) is 0 Å². The lowest BCUT2D eigenvalue weighted by Crippen LogP contribution is -2.53. The van der Waals surface area contributed by atoms with Gasteiger partial charge in [-0.1, -0.05) is 84.7 Å². The second-order valence-electron chi connectivity index (χ2n) is 26.1. The highest BCUT2D eigenvalue weighted by molar-refractivity contribution is 5.88. The molecule has 3 aliphatic heterocycles. The Morgan fingerprint density at radius 1 is 0.525 bits per heavy atom. The topological polar surface area (TPSA) is 274 Å². The van der Waals surface area contributed by atoms with Crippen LogP contribution in [0, 0.1) is 31.3 Å². The van der Waals surface area contributed by atoms with Crippen LogP contribution >= 0.6 is 0 Å². The first-order chi connectivity index (χ1) is 49.3. The number of hydrogen-bond donors (Lipinski definition) is 9. The van der Waals surface area contributed by atoms with Crippen LogP contribution in [0.15, 0.2) is 186 Å². The number of rotatable bonds is 15. The zero-order valence-electron chi connectivity index (χ0n) is 56.1. The summed E-state index contributed by atoms with van der Waals surface area (Å²) in [6.07, 6.45) is 14.4. The average molecular weight is 1360 g/mol. The van der Waals surface area contributed by atoms with E-state index in [4.69, 9.17) is 28.7 Å². The van der Waals surface area contributed by atoms with Crippen molar-refractivity contribution in [1.82, 2.24) is 90.9 Å². The summed E-state index contributed by atoms with van der Waals surface area (Å²) in [5.74, 6) is 3.94. The first kappa shape index (κ1) is 64.4. The van der Waals surface area contributed by atoms with Crippen molar-refractivity contribution in [2.75, 3.05) is 13.2 Å². The van der Waals surface area contributed by atoms with E-state index in [1.807, 2.05) is 68.4 Å². The Kier molecular flexibility index (Phi) is 17.0. The highest BCUT2D eigenvalue weighted by Crippen LogP contribution is 2.47. The van der Waals surface area contributed by atoms with Crippen LogP contribution < -0.4 is 16.0 Å². The fraction of sp³-hybridized carbons (Fsp3) is 0.247. The molecular weight excluding hydrogens is 1280 g/mol. The van der Waals surface area contributed by atoms with Crippen LogP contribution in [0.1, 0.15) is 138 Å². The summed E-state index contributed by atoms with van der Waals surface area (Å²) in [4.78, 5) is 44.5. The number of aromatic amines is 6. The summed E-state index contributed by atoms with van der Waals surface area (Å²) in [6, 6.07) is 43.7. The number of hydrogen-bond acceptors (Lipinski definition) is 14. The Morgan fingerprint density at radius 3 is 1.47 bits per heavy atom. The third kappa shape index (κ3) is 12.2. The van der Waals surface area contributed by atoms with Crippen molar-refractivity contribution in [2.45, 2.75) is 101 Å². The minimum Gasteiger partial charge on any atom is -0.379 e. The Morgan fingerprint density at radius 2 is 0.990 bits per heavy atom. The minimum absolute atomic E-state index is 0.0790. The van der Waals surface area contributed by atoms with Crippen LogP contribution in [-0.4, -0.2) is 88.1 Å². The molecule has 6 aromatic carbocycles. The SMILES string of the molecule is CCCCC1(c2noc(C)n2)N[C@@H](c2ncc(-c3ccc(F)cc3)[nH]2)Cc2c1[nH]c1ccccc21.CCOCC1(c2cnn(C)c2)N[C@@H](c2ncc(-c3ccc(F)cc3)[nH]2)Cc2c1[nH]c1ccccc21.Cc1nc(C2N[C@@H](c3ncc(-c4ccc(F)cc4)[nH]3)Cc3c2[nH]c2ccccc32)no1. The van der Waals surface area contributed by atoms with E-state index in [2.05, 4.69) is 127 Å². The lowest BCUT2D eigenvalue weighted by Gasteiger charge is -2.41. The molecule has 9 N–H and O–H groups in total. The van der Waals surface area contributed by atoms with Crippen LogP contribution in [-0.2, 0) is 42.1 Å². The molecule has 21 nitrogen and oxygen atoms in total. The average Bonchev–Trinajstić information content (AvgIpc) is 1.60. The minimum atomic E-state index is -0.645. The monoisotopic (exact) mass is 1350 g/mol. The van der Waals surface area contributed by atoms with E-state index in [1.54, 1.807) is 55.7 Å². The molecule has 0 spiro atoms. The molecule has 9 aromatic heterocycles. The van der Waals surface area contributed by atoms with Crippen molar-refractivity contribution >= 4 is 32.7 Å². The van der Waals surface area contributed by atoms with Gasteiger partial charge >= 0.3 is 0 Å². The smallest absolute Gasteiger partial charge is 0.223 e.